The van der Waals surface area contributed by atoms with E-state index in [1.807, 2.05) is 6.92 Å². The Balaban J connectivity index is 2.97. The van der Waals surface area contributed by atoms with Gasteiger partial charge in [0.1, 0.15) is 5.75 Å². The summed E-state index contributed by atoms with van der Waals surface area (Å²) in [6, 6.07) is 3.37. The third-order valence-corrected chi connectivity index (χ3v) is 3.66. The number of hydrogen-bond acceptors (Lipinski definition) is 4. The van der Waals surface area contributed by atoms with Crippen molar-refractivity contribution >= 4 is 21.8 Å². The molecule has 0 aromatic heterocycles. The molecular weight excluding hydrogens is 338 g/mol. The summed E-state index contributed by atoms with van der Waals surface area (Å²) in [7, 11) is 4.59. The fourth-order valence-electron chi connectivity index (χ4n) is 1.96. The quantitative estimate of drug-likeness (QED) is 0.724. The van der Waals surface area contributed by atoms with Crippen LogP contribution in [0.1, 0.15) is 30.1 Å². The Hall–Kier alpha value is -1.43. The number of halogens is 1. The van der Waals surface area contributed by atoms with Crippen molar-refractivity contribution in [1.29, 1.82) is 0 Å². The van der Waals surface area contributed by atoms with E-state index in [0.717, 1.165) is 18.2 Å². The molecule has 0 fully saturated rings. The van der Waals surface area contributed by atoms with E-state index in [2.05, 4.69) is 21.2 Å². The van der Waals surface area contributed by atoms with Crippen molar-refractivity contribution in [2.45, 2.75) is 25.8 Å². The summed E-state index contributed by atoms with van der Waals surface area (Å²) in [5.41, 5.74) is 0.431. The maximum absolute atomic E-state index is 12.4. The Morgan fingerprint density at radius 2 is 1.71 bits per heavy atom. The molecule has 0 heterocycles. The lowest BCUT2D eigenvalue weighted by Crippen LogP contribution is -2.32. The van der Waals surface area contributed by atoms with Crippen LogP contribution in [0.3, 0.4) is 0 Å². The zero-order valence-corrected chi connectivity index (χ0v) is 14.5. The molecule has 6 heteroatoms. The number of ether oxygens (including phenoxy) is 3. The Labute approximate surface area is 134 Å². The van der Waals surface area contributed by atoms with Crippen molar-refractivity contribution < 1.29 is 19.0 Å². The molecule has 1 unspecified atom stereocenters. The van der Waals surface area contributed by atoms with Crippen LogP contribution in [-0.2, 0) is 0 Å². The predicted molar refractivity (Wildman–Crippen MR) is 86.1 cm³/mol. The SMILES string of the molecule is COc1cc(OC)c(C(=O)NC(C)CCCBr)cc1OC. The summed E-state index contributed by atoms with van der Waals surface area (Å²) < 4.78 is 15.7. The number of benzene rings is 1. The minimum Gasteiger partial charge on any atom is -0.496 e. The number of rotatable bonds is 8. The van der Waals surface area contributed by atoms with Gasteiger partial charge in [0.05, 0.1) is 26.9 Å². The van der Waals surface area contributed by atoms with Gasteiger partial charge < -0.3 is 19.5 Å². The van der Waals surface area contributed by atoms with Gasteiger partial charge in [0.15, 0.2) is 11.5 Å². The molecule has 1 amide bonds. The van der Waals surface area contributed by atoms with Crippen LogP contribution in [0, 0.1) is 0 Å². The molecule has 0 bridgehead atoms. The number of nitrogens with one attached hydrogen (secondary N) is 1. The molecule has 0 spiro atoms. The molecule has 1 rings (SSSR count). The standard InChI is InChI=1S/C15H22BrNO4/c1-10(6-5-7-16)17-15(18)11-8-13(20-3)14(21-4)9-12(11)19-2/h8-10H,5-7H2,1-4H3,(H,17,18). The maximum atomic E-state index is 12.4. The Morgan fingerprint density at radius 1 is 1.14 bits per heavy atom. The highest BCUT2D eigenvalue weighted by Crippen LogP contribution is 2.34. The van der Waals surface area contributed by atoms with Gasteiger partial charge in [-0.15, -0.1) is 0 Å². The number of alkyl halides is 1. The molecule has 0 aliphatic rings. The molecule has 118 valence electrons. The van der Waals surface area contributed by atoms with E-state index in [0.29, 0.717) is 22.8 Å². The molecule has 1 aromatic carbocycles. The average molecular weight is 360 g/mol. The fourth-order valence-corrected chi connectivity index (χ4v) is 2.29. The summed E-state index contributed by atoms with van der Waals surface area (Å²) in [6.07, 6.45) is 1.91. The number of amides is 1. The predicted octanol–water partition coefficient (Wildman–Crippen LogP) is 3.01. The smallest absolute Gasteiger partial charge is 0.255 e. The van der Waals surface area contributed by atoms with E-state index >= 15 is 0 Å². The van der Waals surface area contributed by atoms with E-state index < -0.39 is 0 Å². The first-order chi connectivity index (χ1) is 10.1. The van der Waals surface area contributed by atoms with E-state index in [-0.39, 0.29) is 11.9 Å². The van der Waals surface area contributed by atoms with E-state index in [1.54, 1.807) is 19.2 Å². The summed E-state index contributed by atoms with van der Waals surface area (Å²) in [5, 5.41) is 3.88. The normalized spacial score (nSPS) is 11.7. The van der Waals surface area contributed by atoms with Crippen LogP contribution in [0.5, 0.6) is 17.2 Å². The number of carbonyl (C=O) groups excluding carboxylic acids is 1. The van der Waals surface area contributed by atoms with Gasteiger partial charge in [-0.05, 0) is 19.8 Å². The van der Waals surface area contributed by atoms with Crippen LogP contribution in [-0.4, -0.2) is 38.6 Å². The molecule has 0 saturated carbocycles. The van der Waals surface area contributed by atoms with Crippen LogP contribution in [0.4, 0.5) is 0 Å². The molecule has 21 heavy (non-hydrogen) atoms. The molecular formula is C15H22BrNO4. The van der Waals surface area contributed by atoms with E-state index in [1.165, 1.54) is 14.2 Å². The summed E-state index contributed by atoms with van der Waals surface area (Å²) in [5.74, 6) is 1.29. The van der Waals surface area contributed by atoms with Crippen molar-refractivity contribution in [3.05, 3.63) is 17.7 Å². The average Bonchev–Trinajstić information content (AvgIpc) is 2.51. The second kappa shape index (κ2) is 8.77. The first-order valence-electron chi connectivity index (χ1n) is 6.74. The molecule has 1 aromatic rings. The first kappa shape index (κ1) is 17.6. The highest BCUT2D eigenvalue weighted by atomic mass is 79.9. The van der Waals surface area contributed by atoms with Crippen LogP contribution in [0.25, 0.3) is 0 Å². The van der Waals surface area contributed by atoms with Gasteiger partial charge in [-0.3, -0.25) is 4.79 Å². The second-order valence-corrected chi connectivity index (χ2v) is 5.41. The fraction of sp³-hybridized carbons (Fsp3) is 0.533. The van der Waals surface area contributed by atoms with Gasteiger partial charge >= 0.3 is 0 Å². The molecule has 5 nitrogen and oxygen atoms in total. The summed E-state index contributed by atoms with van der Waals surface area (Å²) >= 11 is 3.38. The first-order valence-corrected chi connectivity index (χ1v) is 7.86. The van der Waals surface area contributed by atoms with Gasteiger partial charge in [0.25, 0.3) is 5.91 Å². The lowest BCUT2D eigenvalue weighted by Gasteiger charge is -2.17. The van der Waals surface area contributed by atoms with Gasteiger partial charge in [0.2, 0.25) is 0 Å². The third kappa shape index (κ3) is 4.81. The zero-order valence-electron chi connectivity index (χ0n) is 12.9. The van der Waals surface area contributed by atoms with Crippen molar-refractivity contribution in [2.75, 3.05) is 26.7 Å². The highest BCUT2D eigenvalue weighted by molar-refractivity contribution is 9.09. The Bertz CT molecular complexity index is 479. The number of methoxy groups -OCH3 is 3. The molecule has 0 aliphatic carbocycles. The third-order valence-electron chi connectivity index (χ3n) is 3.10. The van der Waals surface area contributed by atoms with Crippen LogP contribution in [0.15, 0.2) is 12.1 Å². The van der Waals surface area contributed by atoms with Crippen LogP contribution < -0.4 is 19.5 Å². The monoisotopic (exact) mass is 359 g/mol. The van der Waals surface area contributed by atoms with Crippen molar-refractivity contribution in [3.8, 4) is 17.2 Å². The molecule has 0 aliphatic heterocycles. The highest BCUT2D eigenvalue weighted by Gasteiger charge is 2.18. The van der Waals surface area contributed by atoms with Gasteiger partial charge in [0, 0.05) is 23.5 Å². The minimum absolute atomic E-state index is 0.0906. The van der Waals surface area contributed by atoms with Crippen molar-refractivity contribution in [1.82, 2.24) is 5.32 Å². The second-order valence-electron chi connectivity index (χ2n) is 4.61. The Kier molecular flexibility index (Phi) is 7.36. The van der Waals surface area contributed by atoms with Crippen molar-refractivity contribution in [2.24, 2.45) is 0 Å². The number of hydrogen-bond donors (Lipinski definition) is 1. The lowest BCUT2D eigenvalue weighted by molar-refractivity contribution is 0.0935. The molecule has 1 N–H and O–H groups in total. The van der Waals surface area contributed by atoms with Crippen molar-refractivity contribution in [3.63, 3.8) is 0 Å². The van der Waals surface area contributed by atoms with Gasteiger partial charge in [-0.1, -0.05) is 15.9 Å². The zero-order chi connectivity index (χ0) is 15.8. The lowest BCUT2D eigenvalue weighted by atomic mass is 10.1. The van der Waals surface area contributed by atoms with Crippen LogP contribution in [0.2, 0.25) is 0 Å². The largest absolute Gasteiger partial charge is 0.496 e. The summed E-state index contributed by atoms with van der Waals surface area (Å²) in [6.45, 7) is 1.98. The maximum Gasteiger partial charge on any atom is 0.255 e. The summed E-state index contributed by atoms with van der Waals surface area (Å²) in [4.78, 5) is 12.4. The molecule has 0 radical (unpaired) electrons. The Morgan fingerprint density at radius 3 is 2.24 bits per heavy atom. The molecule has 1 atom stereocenters. The topological polar surface area (TPSA) is 56.8 Å². The molecule has 0 saturated heterocycles. The minimum atomic E-state index is -0.185. The van der Waals surface area contributed by atoms with Crippen LogP contribution >= 0.6 is 15.9 Å². The van der Waals surface area contributed by atoms with Gasteiger partial charge in [-0.2, -0.15) is 0 Å². The number of carbonyl (C=O) groups is 1. The van der Waals surface area contributed by atoms with E-state index in [4.69, 9.17) is 14.2 Å². The van der Waals surface area contributed by atoms with Gasteiger partial charge in [-0.25, -0.2) is 0 Å². The van der Waals surface area contributed by atoms with E-state index in [9.17, 15) is 4.79 Å².